The van der Waals surface area contributed by atoms with Crippen molar-refractivity contribution in [1.82, 2.24) is 4.98 Å². The van der Waals surface area contributed by atoms with Gasteiger partial charge in [-0.25, -0.2) is 21.8 Å². The zero-order valence-electron chi connectivity index (χ0n) is 13.8. The van der Waals surface area contributed by atoms with Crippen molar-refractivity contribution in [3.05, 3.63) is 29.3 Å². The molecule has 0 amide bonds. The summed E-state index contributed by atoms with van der Waals surface area (Å²) in [6.45, 7) is 4.04. The molecule has 0 saturated heterocycles. The van der Waals surface area contributed by atoms with Gasteiger partial charge in [0.2, 0.25) is 24.0 Å². The van der Waals surface area contributed by atoms with Gasteiger partial charge in [-0.2, -0.15) is 0 Å². The third kappa shape index (κ3) is 4.52. The number of nitrogens with zero attached hydrogens (tertiary/aromatic N) is 1. The number of benzene rings is 1. The first-order chi connectivity index (χ1) is 11.7. The third-order valence-corrected chi connectivity index (χ3v) is 8.70. The Morgan fingerprint density at radius 3 is 2.32 bits per heavy atom. The Balaban J connectivity index is 2.55. The molecular weight excluding hydrogens is 404 g/mol. The minimum atomic E-state index is -3.96. The van der Waals surface area contributed by atoms with Gasteiger partial charge in [0, 0.05) is 11.6 Å². The van der Waals surface area contributed by atoms with Gasteiger partial charge in [0.25, 0.3) is 0 Å². The largest absolute Gasteiger partial charge is 0.374 e. The molecule has 0 spiro atoms. The average Bonchev–Trinajstić information content (AvgIpc) is 3.01. The van der Waals surface area contributed by atoms with Crippen LogP contribution in [-0.4, -0.2) is 34.1 Å². The molecule has 1 N–H and O–H groups in total. The Hall–Kier alpha value is -1.16. The summed E-state index contributed by atoms with van der Waals surface area (Å²) >= 11 is 6.66. The second kappa shape index (κ2) is 8.03. The van der Waals surface area contributed by atoms with E-state index in [1.54, 1.807) is 0 Å². The molecule has 0 aliphatic rings. The molecule has 0 aliphatic carbocycles. The number of nitrogens with one attached hydrogen (secondary N) is 1. The van der Waals surface area contributed by atoms with Gasteiger partial charge in [-0.05, 0) is 30.7 Å². The maximum absolute atomic E-state index is 12.9. The smallest absolute Gasteiger partial charge is 0.226 e. The Bertz CT molecular complexity index is 936. The van der Waals surface area contributed by atoms with E-state index in [1.165, 1.54) is 31.2 Å². The van der Waals surface area contributed by atoms with Gasteiger partial charge in [0.05, 0.1) is 10.6 Å². The fourth-order valence-electron chi connectivity index (χ4n) is 1.94. The van der Waals surface area contributed by atoms with E-state index >= 15 is 0 Å². The summed E-state index contributed by atoms with van der Waals surface area (Å²) in [6, 6.07) is 5.69. The maximum Gasteiger partial charge on any atom is 0.226 e. The first-order valence-electron chi connectivity index (χ1n) is 7.70. The number of thiazole rings is 1. The lowest BCUT2D eigenvalue weighted by molar-refractivity contribution is 0.590. The monoisotopic (exact) mass is 422 g/mol. The van der Waals surface area contributed by atoms with E-state index in [2.05, 4.69) is 10.3 Å². The molecule has 2 aromatic rings. The highest BCUT2D eigenvalue weighted by molar-refractivity contribution is 7.94. The number of anilines is 1. The molecule has 2 rings (SSSR count). The summed E-state index contributed by atoms with van der Waals surface area (Å²) < 4.78 is 49.8. The molecule has 1 aromatic carbocycles. The van der Waals surface area contributed by atoms with Crippen LogP contribution in [0, 0.1) is 0 Å². The molecule has 25 heavy (non-hydrogen) atoms. The fourth-order valence-corrected chi connectivity index (χ4v) is 6.09. The fraction of sp³-hybridized carbons (Fsp3) is 0.400. The second-order valence-electron chi connectivity index (χ2n) is 5.26. The van der Waals surface area contributed by atoms with Crippen molar-refractivity contribution < 1.29 is 16.8 Å². The van der Waals surface area contributed by atoms with E-state index < -0.39 is 19.7 Å². The van der Waals surface area contributed by atoms with Gasteiger partial charge >= 0.3 is 0 Å². The third-order valence-electron chi connectivity index (χ3n) is 3.42. The number of unbranched alkanes of at least 4 members (excludes halogenated alkanes) is 1. The molecular formula is C15H19ClN2O4S3. The van der Waals surface area contributed by atoms with Crippen molar-refractivity contribution in [2.75, 3.05) is 17.6 Å². The Kier molecular flexibility index (Phi) is 6.47. The highest BCUT2D eigenvalue weighted by Crippen LogP contribution is 2.35. The topological polar surface area (TPSA) is 93.2 Å². The predicted octanol–water partition coefficient (Wildman–Crippen LogP) is 3.63. The normalized spacial score (nSPS) is 12.3. The van der Waals surface area contributed by atoms with Crippen molar-refractivity contribution in [2.45, 2.75) is 41.0 Å². The van der Waals surface area contributed by atoms with Gasteiger partial charge < -0.3 is 5.32 Å². The molecule has 1 aromatic heterocycles. The molecule has 0 unspecified atom stereocenters. The number of rotatable bonds is 8. The van der Waals surface area contributed by atoms with Crippen LogP contribution in [0.4, 0.5) is 5.00 Å². The molecule has 0 saturated carbocycles. The summed E-state index contributed by atoms with van der Waals surface area (Å²) in [6.07, 6.45) is 1.75. The van der Waals surface area contributed by atoms with E-state index in [9.17, 15) is 16.8 Å². The van der Waals surface area contributed by atoms with Crippen LogP contribution in [0.3, 0.4) is 0 Å². The Morgan fingerprint density at radius 2 is 1.76 bits per heavy atom. The lowest BCUT2D eigenvalue weighted by Gasteiger charge is -2.06. The van der Waals surface area contributed by atoms with Crippen molar-refractivity contribution in [3.8, 4) is 0 Å². The van der Waals surface area contributed by atoms with E-state index in [-0.39, 0.29) is 25.0 Å². The predicted molar refractivity (Wildman–Crippen MR) is 100 cm³/mol. The first-order valence-corrected chi connectivity index (χ1v) is 12.0. The van der Waals surface area contributed by atoms with Gasteiger partial charge in [-0.3, -0.25) is 0 Å². The molecule has 6 nitrogen and oxygen atoms in total. The molecule has 10 heteroatoms. The second-order valence-corrected chi connectivity index (χ2v) is 11.0. The number of sulfone groups is 2. The van der Waals surface area contributed by atoms with Crippen LogP contribution < -0.4 is 5.32 Å². The van der Waals surface area contributed by atoms with Crippen LogP contribution in [0.5, 0.6) is 0 Å². The molecule has 0 atom stereocenters. The van der Waals surface area contributed by atoms with Crippen LogP contribution in [0.15, 0.2) is 38.5 Å². The number of halogens is 1. The summed E-state index contributed by atoms with van der Waals surface area (Å²) in [5.41, 5.74) is 0. The van der Waals surface area contributed by atoms with E-state index in [1.807, 2.05) is 6.92 Å². The molecule has 0 bridgehead atoms. The molecule has 138 valence electrons. The zero-order valence-corrected chi connectivity index (χ0v) is 17.0. The van der Waals surface area contributed by atoms with Crippen LogP contribution in [0.2, 0.25) is 5.02 Å². The van der Waals surface area contributed by atoms with Crippen LogP contribution in [0.1, 0.15) is 26.7 Å². The quantitative estimate of drug-likeness (QED) is 0.653. The van der Waals surface area contributed by atoms with Crippen molar-refractivity contribution >= 4 is 47.6 Å². The lowest BCUT2D eigenvalue weighted by Crippen LogP contribution is -2.08. The number of hydrogen-bond acceptors (Lipinski definition) is 7. The van der Waals surface area contributed by atoms with E-state index in [4.69, 9.17) is 11.6 Å². The summed E-state index contributed by atoms with van der Waals surface area (Å²) in [7, 11) is -7.56. The Morgan fingerprint density at radius 1 is 1.12 bits per heavy atom. The average molecular weight is 423 g/mol. The minimum Gasteiger partial charge on any atom is -0.374 e. The van der Waals surface area contributed by atoms with Crippen molar-refractivity contribution in [3.63, 3.8) is 0 Å². The molecule has 0 fully saturated rings. The first kappa shape index (κ1) is 20.2. The van der Waals surface area contributed by atoms with Crippen LogP contribution in [0.25, 0.3) is 0 Å². The SMILES string of the molecule is CCCCNc1sc(S(=O)(=O)CC)nc1S(=O)(=O)c1ccc(Cl)cc1. The van der Waals surface area contributed by atoms with E-state index in [0.717, 1.165) is 24.2 Å². The molecule has 0 aliphatic heterocycles. The number of hydrogen-bond donors (Lipinski definition) is 1. The summed E-state index contributed by atoms with van der Waals surface area (Å²) in [4.78, 5) is 3.96. The minimum absolute atomic E-state index is 0.0150. The van der Waals surface area contributed by atoms with Crippen molar-refractivity contribution in [2.24, 2.45) is 0 Å². The van der Waals surface area contributed by atoms with Gasteiger partial charge in [0.1, 0.15) is 5.00 Å². The van der Waals surface area contributed by atoms with Gasteiger partial charge in [-0.15, -0.1) is 0 Å². The zero-order chi connectivity index (χ0) is 18.7. The molecule has 0 radical (unpaired) electrons. The van der Waals surface area contributed by atoms with Gasteiger partial charge in [0.15, 0.2) is 5.03 Å². The highest BCUT2D eigenvalue weighted by Gasteiger charge is 2.29. The highest BCUT2D eigenvalue weighted by atomic mass is 35.5. The summed E-state index contributed by atoms with van der Waals surface area (Å²) in [5, 5.41) is 3.40. The van der Waals surface area contributed by atoms with Crippen LogP contribution in [-0.2, 0) is 19.7 Å². The van der Waals surface area contributed by atoms with Crippen LogP contribution >= 0.6 is 22.9 Å². The van der Waals surface area contributed by atoms with E-state index in [0.29, 0.717) is 11.6 Å². The Labute approximate surface area is 157 Å². The molecule has 1 heterocycles. The maximum atomic E-state index is 12.9. The number of aromatic nitrogens is 1. The van der Waals surface area contributed by atoms with Gasteiger partial charge in [-0.1, -0.05) is 43.2 Å². The summed E-state index contributed by atoms with van der Waals surface area (Å²) in [5.74, 6) is -0.144. The standard InChI is InChI=1S/C15H19ClN2O4S3/c1-3-5-10-17-13-14(18-15(23-13)24(19,20)4-2)25(21,22)12-8-6-11(16)7-9-12/h6-9,17H,3-5,10H2,1-2H3. The lowest BCUT2D eigenvalue weighted by atomic mass is 10.3. The van der Waals surface area contributed by atoms with Crippen molar-refractivity contribution in [1.29, 1.82) is 0 Å².